The van der Waals surface area contributed by atoms with Crippen LogP contribution < -0.4 is 5.73 Å². The summed E-state index contributed by atoms with van der Waals surface area (Å²) >= 11 is 0. The van der Waals surface area contributed by atoms with Crippen LogP contribution in [0.15, 0.2) is 24.4 Å². The number of aromatic hydroxyl groups is 1. The Bertz CT molecular complexity index is 673. The SMILES string of the molecule is [CH2]CCC(O)n1ncc(-c2ccc(C#N)cc2CN)c1O. The summed E-state index contributed by atoms with van der Waals surface area (Å²) in [6.45, 7) is 3.90. The number of aromatic nitrogens is 2. The summed E-state index contributed by atoms with van der Waals surface area (Å²) in [5, 5.41) is 33.1. The zero-order chi connectivity index (χ0) is 15.4. The normalized spacial score (nSPS) is 12.1. The molecule has 21 heavy (non-hydrogen) atoms. The Hall–Kier alpha value is -2.36. The van der Waals surface area contributed by atoms with E-state index in [2.05, 4.69) is 12.0 Å². The van der Waals surface area contributed by atoms with Gasteiger partial charge in [-0.15, -0.1) is 0 Å². The van der Waals surface area contributed by atoms with Gasteiger partial charge in [-0.2, -0.15) is 10.4 Å². The minimum absolute atomic E-state index is 0.129. The molecule has 1 radical (unpaired) electrons. The third-order valence-corrected chi connectivity index (χ3v) is 3.26. The van der Waals surface area contributed by atoms with Gasteiger partial charge in [0.15, 0.2) is 6.23 Å². The molecule has 0 aliphatic rings. The van der Waals surface area contributed by atoms with Crippen LogP contribution in [0.5, 0.6) is 5.88 Å². The molecule has 0 aliphatic heterocycles. The number of aliphatic hydroxyl groups is 1. The van der Waals surface area contributed by atoms with E-state index in [0.29, 0.717) is 29.5 Å². The first kappa shape index (κ1) is 15.0. The monoisotopic (exact) mass is 285 g/mol. The molecule has 0 spiro atoms. The van der Waals surface area contributed by atoms with Crippen molar-refractivity contribution in [3.8, 4) is 23.1 Å². The van der Waals surface area contributed by atoms with Crippen LogP contribution in [-0.2, 0) is 6.54 Å². The Labute approximate surface area is 123 Å². The number of nitrogens with two attached hydrogens (primary N) is 1. The lowest BCUT2D eigenvalue weighted by Crippen LogP contribution is -2.08. The summed E-state index contributed by atoms with van der Waals surface area (Å²) in [6, 6.07) is 7.10. The maximum Gasteiger partial charge on any atom is 0.219 e. The average molecular weight is 285 g/mol. The van der Waals surface area contributed by atoms with E-state index in [1.54, 1.807) is 18.2 Å². The second-order valence-electron chi connectivity index (χ2n) is 4.64. The molecular formula is C15H17N4O2. The fraction of sp³-hybridized carbons (Fsp3) is 0.267. The van der Waals surface area contributed by atoms with E-state index in [1.165, 1.54) is 6.20 Å². The standard InChI is InChI=1S/C15H17N4O2/c1-2-3-14(20)19-15(21)13(9-18-19)12-5-4-10(7-16)6-11(12)8-17/h4-6,9,14,20-21H,1-3,8,17H2. The number of benzene rings is 1. The third-order valence-electron chi connectivity index (χ3n) is 3.26. The van der Waals surface area contributed by atoms with Crippen molar-refractivity contribution >= 4 is 0 Å². The minimum Gasteiger partial charge on any atom is -0.493 e. The minimum atomic E-state index is -0.920. The van der Waals surface area contributed by atoms with Gasteiger partial charge < -0.3 is 15.9 Å². The molecule has 1 aromatic heterocycles. The third kappa shape index (κ3) is 2.89. The van der Waals surface area contributed by atoms with E-state index in [-0.39, 0.29) is 12.4 Å². The van der Waals surface area contributed by atoms with Crippen molar-refractivity contribution in [3.63, 3.8) is 0 Å². The van der Waals surface area contributed by atoms with Gasteiger partial charge in [0.25, 0.3) is 0 Å². The lowest BCUT2D eigenvalue weighted by molar-refractivity contribution is 0.0738. The maximum atomic E-state index is 10.2. The van der Waals surface area contributed by atoms with E-state index in [9.17, 15) is 10.2 Å². The van der Waals surface area contributed by atoms with Crippen LogP contribution in [0.25, 0.3) is 11.1 Å². The van der Waals surface area contributed by atoms with Gasteiger partial charge in [-0.3, -0.25) is 0 Å². The molecule has 1 heterocycles. The van der Waals surface area contributed by atoms with Gasteiger partial charge in [0, 0.05) is 6.54 Å². The lowest BCUT2D eigenvalue weighted by atomic mass is 10.00. The van der Waals surface area contributed by atoms with E-state index in [4.69, 9.17) is 11.0 Å². The first-order valence-electron chi connectivity index (χ1n) is 6.59. The Morgan fingerprint density at radius 1 is 1.43 bits per heavy atom. The van der Waals surface area contributed by atoms with Crippen LogP contribution >= 0.6 is 0 Å². The molecule has 1 unspecified atom stereocenters. The van der Waals surface area contributed by atoms with Crippen molar-refractivity contribution in [1.82, 2.24) is 9.78 Å². The summed E-state index contributed by atoms with van der Waals surface area (Å²) in [7, 11) is 0. The van der Waals surface area contributed by atoms with E-state index in [0.717, 1.165) is 10.2 Å². The first-order valence-corrected chi connectivity index (χ1v) is 6.59. The molecule has 0 fully saturated rings. The van der Waals surface area contributed by atoms with E-state index >= 15 is 0 Å². The number of hydrogen-bond acceptors (Lipinski definition) is 5. The largest absolute Gasteiger partial charge is 0.493 e. The number of nitriles is 1. The molecule has 0 aliphatic carbocycles. The summed E-state index contributed by atoms with van der Waals surface area (Å²) in [6.07, 6.45) is 1.48. The molecule has 4 N–H and O–H groups in total. The summed E-state index contributed by atoms with van der Waals surface area (Å²) < 4.78 is 1.15. The van der Waals surface area contributed by atoms with Gasteiger partial charge in [0.2, 0.25) is 5.88 Å². The van der Waals surface area contributed by atoms with Crippen LogP contribution in [0.2, 0.25) is 0 Å². The lowest BCUT2D eigenvalue weighted by Gasteiger charge is -2.12. The molecule has 0 bridgehead atoms. The van der Waals surface area contributed by atoms with Crippen molar-refractivity contribution in [2.24, 2.45) is 5.73 Å². The van der Waals surface area contributed by atoms with Gasteiger partial charge in [0.05, 0.1) is 23.4 Å². The van der Waals surface area contributed by atoms with Crippen LogP contribution in [-0.4, -0.2) is 20.0 Å². The molecular weight excluding hydrogens is 268 g/mol. The van der Waals surface area contributed by atoms with Crippen LogP contribution in [0.4, 0.5) is 0 Å². The van der Waals surface area contributed by atoms with Gasteiger partial charge in [0.1, 0.15) is 0 Å². The first-order chi connectivity index (χ1) is 10.1. The van der Waals surface area contributed by atoms with Gasteiger partial charge in [-0.25, -0.2) is 4.68 Å². The highest BCUT2D eigenvalue weighted by atomic mass is 16.3. The smallest absolute Gasteiger partial charge is 0.219 e. The molecule has 0 saturated carbocycles. The van der Waals surface area contributed by atoms with Crippen molar-refractivity contribution in [1.29, 1.82) is 5.26 Å². The van der Waals surface area contributed by atoms with Crippen molar-refractivity contribution < 1.29 is 10.2 Å². The molecule has 1 atom stereocenters. The topological polar surface area (TPSA) is 108 Å². The molecule has 2 aromatic rings. The predicted molar refractivity (Wildman–Crippen MR) is 77.8 cm³/mol. The van der Waals surface area contributed by atoms with E-state index < -0.39 is 6.23 Å². The number of nitrogens with zero attached hydrogens (tertiary/aromatic N) is 3. The van der Waals surface area contributed by atoms with Crippen molar-refractivity contribution in [3.05, 3.63) is 42.4 Å². The van der Waals surface area contributed by atoms with Crippen molar-refractivity contribution in [2.45, 2.75) is 25.6 Å². The zero-order valence-electron chi connectivity index (χ0n) is 11.5. The van der Waals surface area contributed by atoms with Crippen LogP contribution in [0.3, 0.4) is 0 Å². The maximum absolute atomic E-state index is 10.2. The number of hydrogen-bond donors (Lipinski definition) is 3. The van der Waals surface area contributed by atoms with Crippen molar-refractivity contribution in [2.75, 3.05) is 0 Å². The average Bonchev–Trinajstić information content (AvgIpc) is 2.88. The van der Waals surface area contributed by atoms with Gasteiger partial charge in [-0.05, 0) is 36.1 Å². The molecule has 1 aromatic carbocycles. The molecule has 6 nitrogen and oxygen atoms in total. The second kappa shape index (κ2) is 6.39. The molecule has 2 rings (SSSR count). The van der Waals surface area contributed by atoms with Gasteiger partial charge >= 0.3 is 0 Å². The highest BCUT2D eigenvalue weighted by molar-refractivity contribution is 5.72. The van der Waals surface area contributed by atoms with Crippen LogP contribution in [0.1, 0.15) is 30.2 Å². The second-order valence-corrected chi connectivity index (χ2v) is 4.64. The summed E-state index contributed by atoms with van der Waals surface area (Å²) in [4.78, 5) is 0. The molecule has 0 saturated heterocycles. The van der Waals surface area contributed by atoms with Gasteiger partial charge in [-0.1, -0.05) is 13.0 Å². The Kier molecular flexibility index (Phi) is 4.58. The predicted octanol–water partition coefficient (Wildman–Crippen LogP) is 1.69. The Morgan fingerprint density at radius 2 is 2.19 bits per heavy atom. The molecule has 6 heteroatoms. The summed E-state index contributed by atoms with van der Waals surface area (Å²) in [5.41, 5.74) is 8.11. The Balaban J connectivity index is 2.46. The zero-order valence-corrected chi connectivity index (χ0v) is 11.5. The highest BCUT2D eigenvalue weighted by Crippen LogP contribution is 2.33. The number of rotatable bonds is 5. The Morgan fingerprint density at radius 3 is 2.81 bits per heavy atom. The highest BCUT2D eigenvalue weighted by Gasteiger charge is 2.18. The quantitative estimate of drug-likeness (QED) is 0.774. The van der Waals surface area contributed by atoms with Crippen LogP contribution in [0, 0.1) is 18.3 Å². The fourth-order valence-electron chi connectivity index (χ4n) is 2.16. The summed E-state index contributed by atoms with van der Waals surface area (Å²) in [5.74, 6) is -0.129. The molecule has 109 valence electrons. The fourth-order valence-corrected chi connectivity index (χ4v) is 2.16. The number of aliphatic hydroxyl groups excluding tert-OH is 1. The molecule has 0 amide bonds. The van der Waals surface area contributed by atoms with E-state index in [1.807, 2.05) is 6.07 Å².